The minimum atomic E-state index is -0.911. The van der Waals surface area contributed by atoms with Gasteiger partial charge in [-0.25, -0.2) is 4.79 Å². The Bertz CT molecular complexity index is 597. The molecule has 2 saturated carbocycles. The van der Waals surface area contributed by atoms with Crippen molar-refractivity contribution in [3.8, 4) is 0 Å². The molecule has 5 nitrogen and oxygen atoms in total. The van der Waals surface area contributed by atoms with Crippen LogP contribution in [0.2, 0.25) is 0 Å². The van der Waals surface area contributed by atoms with E-state index in [1.54, 1.807) is 6.08 Å². The number of hydrogen-bond acceptors (Lipinski definition) is 5. The Morgan fingerprint density at radius 1 is 1.36 bits per heavy atom. The highest BCUT2D eigenvalue weighted by Gasteiger charge is 2.60. The summed E-state index contributed by atoms with van der Waals surface area (Å²) in [7, 11) is 0. The highest BCUT2D eigenvalue weighted by molar-refractivity contribution is 5.85. The minimum Gasteiger partial charge on any atom is -0.458 e. The van der Waals surface area contributed by atoms with Crippen molar-refractivity contribution in [3.63, 3.8) is 0 Å². The first kappa shape index (κ1) is 18.6. The van der Waals surface area contributed by atoms with E-state index in [1.165, 1.54) is 5.57 Å². The summed E-state index contributed by atoms with van der Waals surface area (Å²) in [6, 6.07) is 0. The Morgan fingerprint density at radius 3 is 2.68 bits per heavy atom. The molecule has 2 fully saturated rings. The van der Waals surface area contributed by atoms with Crippen molar-refractivity contribution in [1.82, 2.24) is 0 Å². The number of esters is 1. The summed E-state index contributed by atoms with van der Waals surface area (Å²) < 4.78 is 4.99. The molecule has 0 aromatic carbocycles. The number of cyclic esters (lactones) is 1. The summed E-state index contributed by atoms with van der Waals surface area (Å²) in [4.78, 5) is 11.3. The van der Waals surface area contributed by atoms with Crippen molar-refractivity contribution >= 4 is 5.97 Å². The molecule has 1 aliphatic heterocycles. The third kappa shape index (κ3) is 2.96. The van der Waals surface area contributed by atoms with Gasteiger partial charge in [-0.3, -0.25) is 0 Å². The second-order valence-corrected chi connectivity index (χ2v) is 8.64. The lowest BCUT2D eigenvalue weighted by atomic mass is 9.45. The summed E-state index contributed by atoms with van der Waals surface area (Å²) in [5.41, 5.74) is 1.24. The normalized spacial score (nSPS) is 44.3. The van der Waals surface area contributed by atoms with Crippen LogP contribution in [0.3, 0.4) is 0 Å². The quantitative estimate of drug-likeness (QED) is 0.533. The molecule has 3 N–H and O–H groups in total. The molecular weight excluding hydrogens is 320 g/mol. The monoisotopic (exact) mass is 350 g/mol. The number of hydrogen-bond donors (Lipinski definition) is 3. The molecule has 0 aromatic rings. The molecule has 6 atom stereocenters. The van der Waals surface area contributed by atoms with Crippen LogP contribution >= 0.6 is 0 Å². The molecule has 6 unspecified atom stereocenters. The van der Waals surface area contributed by atoms with Crippen LogP contribution in [0, 0.1) is 22.7 Å². The Kier molecular flexibility index (Phi) is 4.86. The van der Waals surface area contributed by atoms with Gasteiger partial charge in [-0.05, 0) is 54.9 Å². The average molecular weight is 350 g/mol. The van der Waals surface area contributed by atoms with Gasteiger partial charge in [-0.1, -0.05) is 26.0 Å². The van der Waals surface area contributed by atoms with Crippen LogP contribution in [0.15, 0.2) is 23.8 Å². The molecular formula is C20H30O5. The lowest BCUT2D eigenvalue weighted by molar-refractivity contribution is -0.200. The molecule has 2 aliphatic carbocycles. The first-order valence-corrected chi connectivity index (χ1v) is 9.23. The number of ether oxygens (including phenoxy) is 1. The van der Waals surface area contributed by atoms with Crippen LogP contribution in [-0.2, 0) is 9.53 Å². The van der Waals surface area contributed by atoms with Gasteiger partial charge in [-0.15, -0.1) is 0 Å². The number of carbonyl (C=O) groups excluding carboxylic acids is 1. The van der Waals surface area contributed by atoms with Crippen molar-refractivity contribution < 1.29 is 24.9 Å². The second kappa shape index (κ2) is 6.53. The largest absolute Gasteiger partial charge is 0.458 e. The van der Waals surface area contributed by atoms with Crippen LogP contribution in [0.5, 0.6) is 0 Å². The number of aliphatic hydroxyl groups is 3. The van der Waals surface area contributed by atoms with E-state index in [9.17, 15) is 20.1 Å². The van der Waals surface area contributed by atoms with Crippen LogP contribution in [0.1, 0.15) is 46.0 Å². The predicted octanol–water partition coefficient (Wildman–Crippen LogP) is 1.96. The van der Waals surface area contributed by atoms with Gasteiger partial charge in [0.25, 0.3) is 0 Å². The molecule has 0 bridgehead atoms. The number of rotatable bonds is 4. The summed E-state index contributed by atoms with van der Waals surface area (Å²) in [6.07, 6.45) is 3.68. The van der Waals surface area contributed by atoms with Crippen LogP contribution < -0.4 is 0 Å². The van der Waals surface area contributed by atoms with E-state index in [0.717, 1.165) is 31.3 Å². The first-order chi connectivity index (χ1) is 11.7. The average Bonchev–Trinajstić information content (AvgIpc) is 2.97. The number of fused-ring (bicyclic) bond motifs is 1. The van der Waals surface area contributed by atoms with Gasteiger partial charge in [0.05, 0.1) is 18.8 Å². The maximum Gasteiger partial charge on any atom is 0.331 e. The Morgan fingerprint density at radius 2 is 2.08 bits per heavy atom. The highest BCUT2D eigenvalue weighted by Crippen LogP contribution is 2.61. The van der Waals surface area contributed by atoms with Crippen LogP contribution in [0.25, 0.3) is 0 Å². The second-order valence-electron chi connectivity index (χ2n) is 8.64. The van der Waals surface area contributed by atoms with E-state index in [0.29, 0.717) is 13.0 Å². The van der Waals surface area contributed by atoms with Gasteiger partial charge < -0.3 is 20.1 Å². The van der Waals surface area contributed by atoms with Gasteiger partial charge in [0.1, 0.15) is 6.61 Å². The fourth-order valence-electron chi connectivity index (χ4n) is 5.74. The maximum absolute atomic E-state index is 11.3. The van der Waals surface area contributed by atoms with Crippen molar-refractivity contribution in [1.29, 1.82) is 0 Å². The molecule has 3 aliphatic rings. The zero-order valence-electron chi connectivity index (χ0n) is 15.2. The van der Waals surface area contributed by atoms with Crippen molar-refractivity contribution in [2.24, 2.45) is 22.7 Å². The molecule has 3 rings (SSSR count). The van der Waals surface area contributed by atoms with Crippen molar-refractivity contribution in [2.75, 3.05) is 13.2 Å². The molecule has 5 heteroatoms. The zero-order valence-corrected chi connectivity index (χ0v) is 15.2. The van der Waals surface area contributed by atoms with Crippen LogP contribution in [0.4, 0.5) is 0 Å². The van der Waals surface area contributed by atoms with Crippen LogP contribution in [-0.4, -0.2) is 46.7 Å². The SMILES string of the molecule is C=C1CCC2C(C)(CC(O)C(O)C2(C)CO)C1CCC1=CC(=O)OC1. The third-order valence-electron chi connectivity index (χ3n) is 7.14. The summed E-state index contributed by atoms with van der Waals surface area (Å²) in [5.74, 6) is 0.0378. The van der Waals surface area contributed by atoms with E-state index in [-0.39, 0.29) is 29.8 Å². The lowest BCUT2D eigenvalue weighted by Crippen LogP contribution is -2.62. The zero-order chi connectivity index (χ0) is 18.4. The van der Waals surface area contributed by atoms with E-state index in [4.69, 9.17) is 4.74 Å². The van der Waals surface area contributed by atoms with E-state index < -0.39 is 17.6 Å². The smallest absolute Gasteiger partial charge is 0.331 e. The van der Waals surface area contributed by atoms with Gasteiger partial charge in [0.2, 0.25) is 0 Å². The summed E-state index contributed by atoms with van der Waals surface area (Å²) in [5, 5.41) is 31.1. The fourth-order valence-corrected chi connectivity index (χ4v) is 5.74. The topological polar surface area (TPSA) is 87.0 Å². The lowest BCUT2D eigenvalue weighted by Gasteiger charge is -2.61. The van der Waals surface area contributed by atoms with E-state index >= 15 is 0 Å². The van der Waals surface area contributed by atoms with Crippen molar-refractivity contribution in [3.05, 3.63) is 23.8 Å². The van der Waals surface area contributed by atoms with Gasteiger partial charge in [-0.2, -0.15) is 0 Å². The minimum absolute atomic E-state index is 0.120. The molecule has 0 radical (unpaired) electrons. The highest BCUT2D eigenvalue weighted by atomic mass is 16.5. The van der Waals surface area contributed by atoms with E-state index in [1.807, 2.05) is 6.92 Å². The number of carbonyl (C=O) groups is 1. The molecule has 25 heavy (non-hydrogen) atoms. The van der Waals surface area contributed by atoms with Crippen molar-refractivity contribution in [2.45, 2.75) is 58.2 Å². The number of aliphatic hydroxyl groups excluding tert-OH is 3. The maximum atomic E-state index is 11.3. The molecule has 0 amide bonds. The first-order valence-electron chi connectivity index (χ1n) is 9.23. The third-order valence-corrected chi connectivity index (χ3v) is 7.14. The van der Waals surface area contributed by atoms with E-state index in [2.05, 4.69) is 13.5 Å². The summed E-state index contributed by atoms with van der Waals surface area (Å²) >= 11 is 0. The fraction of sp³-hybridized carbons (Fsp3) is 0.750. The Balaban J connectivity index is 1.86. The Labute approximate surface area is 149 Å². The summed E-state index contributed by atoms with van der Waals surface area (Å²) in [6.45, 7) is 8.57. The standard InChI is InChI=1S/C20H30O5/c1-12-4-7-16-19(2,9-15(22)18(24)20(16,3)11-21)14(12)6-5-13-8-17(23)25-10-13/h8,14-16,18,21-22,24H,1,4-7,9-11H2,2-3H3. The molecule has 1 heterocycles. The predicted molar refractivity (Wildman–Crippen MR) is 93.6 cm³/mol. The van der Waals surface area contributed by atoms with Gasteiger partial charge in [0.15, 0.2) is 0 Å². The molecule has 0 spiro atoms. The molecule has 140 valence electrons. The Hall–Kier alpha value is -1.17. The van der Waals surface area contributed by atoms with Gasteiger partial charge >= 0.3 is 5.97 Å². The van der Waals surface area contributed by atoms with Gasteiger partial charge in [0, 0.05) is 11.5 Å². The molecule has 0 saturated heterocycles. The molecule has 0 aromatic heterocycles. The number of allylic oxidation sites excluding steroid dienone is 1.